The zero-order valence-electron chi connectivity index (χ0n) is 13.1. The Hall–Kier alpha value is -2.25. The van der Waals surface area contributed by atoms with E-state index in [1.54, 1.807) is 19.1 Å². The van der Waals surface area contributed by atoms with Crippen LogP contribution in [0.1, 0.15) is 41.9 Å². The number of hydrogen-bond donors (Lipinski definition) is 2. The molecule has 0 radical (unpaired) electrons. The van der Waals surface area contributed by atoms with Gasteiger partial charge in [-0.05, 0) is 38.3 Å². The monoisotopic (exact) mass is 341 g/mol. The van der Waals surface area contributed by atoms with Crippen LogP contribution in [-0.2, 0) is 0 Å². The minimum atomic E-state index is -4.21. The number of amides is 1. The Kier molecular flexibility index (Phi) is 4.38. The molecule has 2 heterocycles. The molecule has 1 aliphatic rings. The lowest BCUT2D eigenvalue weighted by Crippen LogP contribution is -2.41. The molecule has 2 unspecified atom stereocenters. The van der Waals surface area contributed by atoms with Gasteiger partial charge in [0.05, 0.1) is 5.92 Å². The molecule has 0 bridgehead atoms. The minimum absolute atomic E-state index is 0.0795. The lowest BCUT2D eigenvalue weighted by atomic mass is 9.85. The van der Waals surface area contributed by atoms with E-state index in [4.69, 9.17) is 4.42 Å². The second-order valence-corrected chi connectivity index (χ2v) is 6.15. The normalized spacial score (nSPS) is 21.7. The van der Waals surface area contributed by atoms with Crippen molar-refractivity contribution >= 4 is 5.91 Å². The van der Waals surface area contributed by atoms with E-state index in [-0.39, 0.29) is 18.5 Å². The van der Waals surface area contributed by atoms with Crippen molar-refractivity contribution in [2.45, 2.75) is 44.8 Å². The quantitative estimate of drug-likeness (QED) is 0.891. The van der Waals surface area contributed by atoms with Gasteiger partial charge in [0.2, 0.25) is 0 Å². The molecule has 1 amide bonds. The van der Waals surface area contributed by atoms with Gasteiger partial charge in [0.15, 0.2) is 11.5 Å². The summed E-state index contributed by atoms with van der Waals surface area (Å²) < 4.78 is 43.9. The number of nitrogens with one attached hydrogen (secondary N) is 2. The number of nitrogens with zero attached hydrogens (tertiary/aromatic N) is 1. The highest BCUT2D eigenvalue weighted by molar-refractivity contribution is 5.93. The predicted octanol–water partition coefficient (Wildman–Crippen LogP) is 3.83. The number of alkyl halides is 3. The molecule has 0 aromatic carbocycles. The van der Waals surface area contributed by atoms with Crippen LogP contribution in [0.3, 0.4) is 0 Å². The molecule has 0 spiro atoms. The van der Waals surface area contributed by atoms with Crippen molar-refractivity contribution < 1.29 is 22.4 Å². The lowest BCUT2D eigenvalue weighted by Gasteiger charge is -2.30. The maximum Gasteiger partial charge on any atom is 0.391 e. The van der Waals surface area contributed by atoms with Gasteiger partial charge < -0.3 is 9.73 Å². The van der Waals surface area contributed by atoms with Crippen LogP contribution in [0.25, 0.3) is 11.5 Å². The van der Waals surface area contributed by atoms with Crippen LogP contribution in [0.2, 0.25) is 0 Å². The van der Waals surface area contributed by atoms with Gasteiger partial charge in [-0.15, -0.1) is 0 Å². The summed E-state index contributed by atoms with van der Waals surface area (Å²) >= 11 is 0. The molecule has 2 aromatic heterocycles. The lowest BCUT2D eigenvalue weighted by molar-refractivity contribution is -0.183. The highest BCUT2D eigenvalue weighted by Gasteiger charge is 2.42. The molecule has 130 valence electrons. The fourth-order valence-electron chi connectivity index (χ4n) is 3.02. The number of hydrogen-bond acceptors (Lipinski definition) is 3. The summed E-state index contributed by atoms with van der Waals surface area (Å²) in [5.41, 5.74) is 0.679. The fourth-order valence-corrected chi connectivity index (χ4v) is 3.02. The van der Waals surface area contributed by atoms with Crippen LogP contribution < -0.4 is 5.32 Å². The van der Waals surface area contributed by atoms with Crippen LogP contribution >= 0.6 is 0 Å². The molecule has 1 saturated carbocycles. The molecule has 5 nitrogen and oxygen atoms in total. The molecule has 3 rings (SSSR count). The molecule has 0 aliphatic heterocycles. The number of rotatable bonds is 3. The number of furan rings is 1. The molecule has 2 N–H and O–H groups in total. The number of carbonyl (C=O) groups is 1. The van der Waals surface area contributed by atoms with Crippen molar-refractivity contribution in [3.05, 3.63) is 29.7 Å². The van der Waals surface area contributed by atoms with Gasteiger partial charge in [0.1, 0.15) is 11.5 Å². The summed E-state index contributed by atoms with van der Waals surface area (Å²) in [5.74, 6) is -0.550. The average molecular weight is 341 g/mol. The van der Waals surface area contributed by atoms with Gasteiger partial charge in [-0.25, -0.2) is 0 Å². The Morgan fingerprint density at radius 1 is 1.38 bits per heavy atom. The fraction of sp³-hybridized carbons (Fsp3) is 0.500. The van der Waals surface area contributed by atoms with Crippen LogP contribution in [0.4, 0.5) is 13.2 Å². The molecule has 2 atom stereocenters. The first-order valence-corrected chi connectivity index (χ1v) is 7.82. The summed E-state index contributed by atoms with van der Waals surface area (Å²) in [6.07, 6.45) is -3.16. The third-order valence-corrected chi connectivity index (χ3v) is 4.29. The Bertz CT molecular complexity index is 720. The average Bonchev–Trinajstić information content (AvgIpc) is 3.15. The number of aryl methyl sites for hydroxylation is 1. The standard InChI is InChI=1S/C16H18F3N3O2/c1-9-5-6-14(24-9)12-8-13(22-21-12)15(23)20-11-4-2-3-10(7-11)16(17,18)19/h5-6,8,10-11H,2-4,7H2,1H3,(H,20,23)(H,21,22). The van der Waals surface area contributed by atoms with E-state index in [2.05, 4.69) is 15.5 Å². The Morgan fingerprint density at radius 2 is 2.17 bits per heavy atom. The van der Waals surface area contributed by atoms with Crippen LogP contribution in [-0.4, -0.2) is 28.3 Å². The van der Waals surface area contributed by atoms with Crippen molar-refractivity contribution in [1.82, 2.24) is 15.5 Å². The molecule has 0 saturated heterocycles. The van der Waals surface area contributed by atoms with E-state index < -0.39 is 24.0 Å². The number of halogens is 3. The Morgan fingerprint density at radius 3 is 2.83 bits per heavy atom. The first kappa shape index (κ1) is 16.6. The van der Waals surface area contributed by atoms with Crippen molar-refractivity contribution in [2.24, 2.45) is 5.92 Å². The minimum Gasteiger partial charge on any atom is -0.460 e. The first-order chi connectivity index (χ1) is 11.3. The van der Waals surface area contributed by atoms with Gasteiger partial charge in [0.25, 0.3) is 5.91 Å². The van der Waals surface area contributed by atoms with Crippen molar-refractivity contribution in [2.75, 3.05) is 0 Å². The molecule has 1 aliphatic carbocycles. The third-order valence-electron chi connectivity index (χ3n) is 4.29. The van der Waals surface area contributed by atoms with E-state index in [0.717, 1.165) is 5.76 Å². The van der Waals surface area contributed by atoms with Crippen LogP contribution in [0.15, 0.2) is 22.6 Å². The van der Waals surface area contributed by atoms with Gasteiger partial charge in [-0.1, -0.05) is 6.42 Å². The largest absolute Gasteiger partial charge is 0.460 e. The zero-order valence-corrected chi connectivity index (χ0v) is 13.1. The Balaban J connectivity index is 1.64. The smallest absolute Gasteiger partial charge is 0.391 e. The highest BCUT2D eigenvalue weighted by atomic mass is 19.4. The van der Waals surface area contributed by atoms with Crippen LogP contribution in [0.5, 0.6) is 0 Å². The predicted molar refractivity (Wildman–Crippen MR) is 80.3 cm³/mol. The summed E-state index contributed by atoms with van der Waals surface area (Å²) in [4.78, 5) is 12.2. The number of carbonyl (C=O) groups excluding carboxylic acids is 1. The SMILES string of the molecule is Cc1ccc(-c2cc(C(=O)NC3CCCC(C(F)(F)F)C3)n[nH]2)o1. The molecule has 1 fully saturated rings. The summed E-state index contributed by atoms with van der Waals surface area (Å²) in [7, 11) is 0. The zero-order chi connectivity index (χ0) is 17.3. The van der Waals surface area contributed by atoms with E-state index in [9.17, 15) is 18.0 Å². The maximum absolute atomic E-state index is 12.8. The van der Waals surface area contributed by atoms with Gasteiger partial charge in [-0.2, -0.15) is 18.3 Å². The molecule has 2 aromatic rings. The van der Waals surface area contributed by atoms with Crippen LogP contribution in [0, 0.1) is 12.8 Å². The maximum atomic E-state index is 12.8. The van der Waals surface area contributed by atoms with Gasteiger partial charge in [0, 0.05) is 12.1 Å². The van der Waals surface area contributed by atoms with E-state index in [1.807, 2.05) is 0 Å². The molecular weight excluding hydrogens is 323 g/mol. The first-order valence-electron chi connectivity index (χ1n) is 7.82. The van der Waals surface area contributed by atoms with E-state index in [1.165, 1.54) is 6.07 Å². The van der Waals surface area contributed by atoms with E-state index in [0.29, 0.717) is 24.3 Å². The van der Waals surface area contributed by atoms with E-state index >= 15 is 0 Å². The number of aromatic nitrogens is 2. The summed E-state index contributed by atoms with van der Waals surface area (Å²) in [5, 5.41) is 9.27. The molecule has 24 heavy (non-hydrogen) atoms. The van der Waals surface area contributed by atoms with Crippen molar-refractivity contribution in [1.29, 1.82) is 0 Å². The van der Waals surface area contributed by atoms with Crippen molar-refractivity contribution in [3.63, 3.8) is 0 Å². The number of H-pyrrole nitrogens is 1. The van der Waals surface area contributed by atoms with Gasteiger partial charge in [-0.3, -0.25) is 9.89 Å². The van der Waals surface area contributed by atoms with Gasteiger partial charge >= 0.3 is 6.18 Å². The molecular formula is C16H18F3N3O2. The summed E-state index contributed by atoms with van der Waals surface area (Å²) in [6, 6.07) is 4.58. The van der Waals surface area contributed by atoms with Crippen molar-refractivity contribution in [3.8, 4) is 11.5 Å². The summed E-state index contributed by atoms with van der Waals surface area (Å²) in [6.45, 7) is 1.80. The highest BCUT2D eigenvalue weighted by Crippen LogP contribution is 2.37. The number of aromatic amines is 1. The Labute approximate surface area is 136 Å². The third kappa shape index (κ3) is 3.63. The second kappa shape index (κ2) is 6.33. The topological polar surface area (TPSA) is 70.9 Å². The molecule has 8 heteroatoms. The second-order valence-electron chi connectivity index (χ2n) is 6.15.